The molecule has 3 atom stereocenters. The highest BCUT2D eigenvalue weighted by atomic mass is 31.2. The standard InChI is InChI=1S/C38H77N2O6P/c1-6-8-10-12-14-16-18-20-22-24-26-28-30-32-38(42)39-36(35-46-47(43,44)45-34-33-40(3,4)5)37(41)31-29-27-25-23-21-19-17-15-13-11-9-7-2/h16,18,36-37,41H,6-15,17,19-35H2,1-5H3,(H-,39,42,43,44)/p+1/b18-16-. The predicted octanol–water partition coefficient (Wildman–Crippen LogP) is 10.0. The van der Waals surface area contributed by atoms with Crippen LogP contribution in [0.3, 0.4) is 0 Å². The highest BCUT2D eigenvalue weighted by molar-refractivity contribution is 7.47. The van der Waals surface area contributed by atoms with Crippen LogP contribution < -0.4 is 5.32 Å². The van der Waals surface area contributed by atoms with Crippen LogP contribution >= 0.6 is 7.82 Å². The van der Waals surface area contributed by atoms with Crippen LogP contribution in [0, 0.1) is 0 Å². The predicted molar refractivity (Wildman–Crippen MR) is 198 cm³/mol. The first-order valence-corrected chi connectivity index (χ1v) is 21.0. The van der Waals surface area contributed by atoms with Crippen LogP contribution in [0.15, 0.2) is 12.2 Å². The second-order valence-corrected chi connectivity index (χ2v) is 16.1. The SMILES string of the molecule is CCCCCC/C=C\CCCCCCCC(=O)NC(COP(=O)(O)OCC[N+](C)(C)C)C(O)CCCCCCCCCCCCCC. The monoisotopic (exact) mass is 690 g/mol. The van der Waals surface area contributed by atoms with Gasteiger partial charge < -0.3 is 19.8 Å². The first-order valence-electron chi connectivity index (χ1n) is 19.6. The normalized spacial score (nSPS) is 14.8. The number of nitrogens with one attached hydrogen (secondary N) is 1. The molecule has 0 aliphatic rings. The zero-order valence-corrected chi connectivity index (χ0v) is 32.4. The lowest BCUT2D eigenvalue weighted by molar-refractivity contribution is -0.870. The number of carbonyl (C=O) groups excluding carboxylic acids is 1. The Morgan fingerprint density at radius 2 is 1.15 bits per heavy atom. The number of nitrogens with zero attached hydrogens (tertiary/aromatic N) is 1. The van der Waals surface area contributed by atoms with Gasteiger partial charge in [0.05, 0.1) is 39.9 Å². The van der Waals surface area contributed by atoms with Gasteiger partial charge in [-0.2, -0.15) is 0 Å². The quantitative estimate of drug-likeness (QED) is 0.0265. The zero-order valence-electron chi connectivity index (χ0n) is 31.5. The lowest BCUT2D eigenvalue weighted by Gasteiger charge is -2.26. The molecule has 3 N–H and O–H groups in total. The summed E-state index contributed by atoms with van der Waals surface area (Å²) in [6, 6.07) is -0.758. The number of amides is 1. The number of aliphatic hydroxyl groups is 1. The number of unbranched alkanes of at least 4 members (excludes halogenated alkanes) is 20. The number of allylic oxidation sites excluding steroid dienone is 2. The van der Waals surface area contributed by atoms with Gasteiger partial charge in [0.15, 0.2) is 0 Å². The molecule has 0 bridgehead atoms. The minimum Gasteiger partial charge on any atom is -0.391 e. The average Bonchev–Trinajstić information content (AvgIpc) is 3.01. The second kappa shape index (κ2) is 31.2. The van der Waals surface area contributed by atoms with Gasteiger partial charge >= 0.3 is 7.82 Å². The Hall–Kier alpha value is -0.760. The van der Waals surface area contributed by atoms with Gasteiger partial charge in [0.25, 0.3) is 0 Å². The number of carbonyl (C=O) groups is 1. The van der Waals surface area contributed by atoms with Crippen LogP contribution in [0.1, 0.15) is 174 Å². The van der Waals surface area contributed by atoms with Crippen LogP contribution in [-0.2, 0) is 18.4 Å². The second-order valence-electron chi connectivity index (χ2n) is 14.7. The maximum absolute atomic E-state index is 12.8. The lowest BCUT2D eigenvalue weighted by Crippen LogP contribution is -2.46. The Labute approximate surface area is 291 Å². The van der Waals surface area contributed by atoms with E-state index in [0.29, 0.717) is 23.9 Å². The molecule has 0 fully saturated rings. The van der Waals surface area contributed by atoms with Crippen molar-refractivity contribution in [2.45, 2.75) is 187 Å². The van der Waals surface area contributed by atoms with Crippen molar-refractivity contribution in [2.24, 2.45) is 0 Å². The van der Waals surface area contributed by atoms with Crippen LogP contribution in [0.25, 0.3) is 0 Å². The molecule has 280 valence electrons. The summed E-state index contributed by atoms with van der Waals surface area (Å²) in [6.45, 7) is 4.84. The molecular formula is C38H78N2O6P+. The third-order valence-electron chi connectivity index (χ3n) is 8.76. The van der Waals surface area contributed by atoms with Crippen molar-refractivity contribution in [2.75, 3.05) is 40.9 Å². The van der Waals surface area contributed by atoms with Crippen molar-refractivity contribution in [3.63, 3.8) is 0 Å². The van der Waals surface area contributed by atoms with Gasteiger partial charge in [0.1, 0.15) is 13.2 Å². The van der Waals surface area contributed by atoms with Gasteiger partial charge in [-0.25, -0.2) is 4.57 Å². The number of hydrogen-bond acceptors (Lipinski definition) is 5. The molecule has 3 unspecified atom stereocenters. The molecule has 0 aliphatic heterocycles. The zero-order chi connectivity index (χ0) is 35.1. The third-order valence-corrected chi connectivity index (χ3v) is 9.75. The summed E-state index contributed by atoms with van der Waals surface area (Å²) < 4.78 is 23.5. The summed E-state index contributed by atoms with van der Waals surface area (Å²) in [6.07, 6.45) is 32.2. The van der Waals surface area contributed by atoms with Crippen LogP contribution in [-0.4, -0.2) is 73.4 Å². The summed E-state index contributed by atoms with van der Waals surface area (Å²) in [5.41, 5.74) is 0. The number of phosphoric acid groups is 1. The van der Waals surface area contributed by atoms with Gasteiger partial charge in [-0.3, -0.25) is 13.8 Å². The van der Waals surface area contributed by atoms with Crippen LogP contribution in [0.2, 0.25) is 0 Å². The van der Waals surface area contributed by atoms with Crippen LogP contribution in [0.4, 0.5) is 0 Å². The fourth-order valence-electron chi connectivity index (χ4n) is 5.57. The molecule has 0 saturated heterocycles. The molecule has 0 aromatic heterocycles. The largest absolute Gasteiger partial charge is 0.472 e. The molecule has 0 heterocycles. The number of rotatable bonds is 35. The van der Waals surface area contributed by atoms with Crippen molar-refractivity contribution in [1.29, 1.82) is 0 Å². The molecule has 0 aromatic carbocycles. The summed E-state index contributed by atoms with van der Waals surface area (Å²) in [5.74, 6) is -0.155. The maximum Gasteiger partial charge on any atom is 0.472 e. The molecule has 0 aliphatic carbocycles. The Morgan fingerprint density at radius 3 is 1.66 bits per heavy atom. The molecule has 9 heteroatoms. The number of aliphatic hydroxyl groups excluding tert-OH is 1. The number of hydrogen-bond donors (Lipinski definition) is 3. The van der Waals surface area contributed by atoms with E-state index in [-0.39, 0.29) is 19.1 Å². The maximum atomic E-state index is 12.8. The van der Waals surface area contributed by atoms with E-state index < -0.39 is 20.0 Å². The van der Waals surface area contributed by atoms with E-state index in [0.717, 1.165) is 51.4 Å². The van der Waals surface area contributed by atoms with Crippen molar-refractivity contribution in [3.05, 3.63) is 12.2 Å². The van der Waals surface area contributed by atoms with E-state index in [1.54, 1.807) is 0 Å². The molecular weight excluding hydrogens is 611 g/mol. The minimum absolute atomic E-state index is 0.0745. The molecule has 0 saturated carbocycles. The molecule has 0 aromatic rings. The Bertz CT molecular complexity index is 789. The fourth-order valence-corrected chi connectivity index (χ4v) is 6.30. The molecule has 0 radical (unpaired) electrons. The first kappa shape index (κ1) is 46.2. The summed E-state index contributed by atoms with van der Waals surface area (Å²) in [4.78, 5) is 23.0. The smallest absolute Gasteiger partial charge is 0.391 e. The van der Waals surface area contributed by atoms with Gasteiger partial charge in [0, 0.05) is 6.42 Å². The van der Waals surface area contributed by atoms with E-state index in [2.05, 4.69) is 31.3 Å². The van der Waals surface area contributed by atoms with Gasteiger partial charge in [-0.05, 0) is 38.5 Å². The van der Waals surface area contributed by atoms with E-state index in [1.165, 1.54) is 96.3 Å². The molecule has 0 spiro atoms. The van der Waals surface area contributed by atoms with E-state index >= 15 is 0 Å². The highest BCUT2D eigenvalue weighted by Crippen LogP contribution is 2.43. The number of quaternary nitrogens is 1. The summed E-state index contributed by atoms with van der Waals surface area (Å²) >= 11 is 0. The molecule has 47 heavy (non-hydrogen) atoms. The average molecular weight is 690 g/mol. The van der Waals surface area contributed by atoms with Crippen molar-refractivity contribution in [1.82, 2.24) is 5.32 Å². The van der Waals surface area contributed by atoms with Gasteiger partial charge in [0.2, 0.25) is 5.91 Å². The third kappa shape index (κ3) is 33.5. The summed E-state index contributed by atoms with van der Waals surface area (Å²) in [5, 5.41) is 13.9. The fraction of sp³-hybridized carbons (Fsp3) is 0.921. The highest BCUT2D eigenvalue weighted by Gasteiger charge is 2.28. The Morgan fingerprint density at radius 1 is 0.702 bits per heavy atom. The molecule has 0 rings (SSSR count). The minimum atomic E-state index is -4.30. The van der Waals surface area contributed by atoms with Crippen LogP contribution in [0.5, 0.6) is 0 Å². The Kier molecular flexibility index (Phi) is 30.7. The van der Waals surface area contributed by atoms with E-state index in [1.807, 2.05) is 21.1 Å². The number of likely N-dealkylation sites (N-methyl/N-ethyl adjacent to an activating group) is 1. The van der Waals surface area contributed by atoms with Gasteiger partial charge in [-0.1, -0.05) is 142 Å². The first-order chi connectivity index (χ1) is 22.5. The number of phosphoric ester groups is 1. The molecule has 8 nitrogen and oxygen atoms in total. The van der Waals surface area contributed by atoms with Crippen molar-refractivity contribution < 1.29 is 32.9 Å². The van der Waals surface area contributed by atoms with Crippen molar-refractivity contribution in [3.8, 4) is 0 Å². The van der Waals surface area contributed by atoms with Gasteiger partial charge in [-0.15, -0.1) is 0 Å². The summed E-state index contributed by atoms with van der Waals surface area (Å²) in [7, 11) is 1.61. The topological polar surface area (TPSA) is 105 Å². The van der Waals surface area contributed by atoms with Crippen molar-refractivity contribution >= 4 is 13.7 Å². The Balaban J connectivity index is 4.47. The van der Waals surface area contributed by atoms with E-state index in [9.17, 15) is 19.4 Å². The lowest BCUT2D eigenvalue weighted by atomic mass is 10.0. The molecule has 1 amide bonds. The van der Waals surface area contributed by atoms with E-state index in [4.69, 9.17) is 9.05 Å².